The predicted molar refractivity (Wildman–Crippen MR) is 95.1 cm³/mol. The van der Waals surface area contributed by atoms with Crippen LogP contribution in [0.3, 0.4) is 0 Å². The molecule has 0 amide bonds. The van der Waals surface area contributed by atoms with Gasteiger partial charge in [0.05, 0.1) is 14.2 Å². The summed E-state index contributed by atoms with van der Waals surface area (Å²) in [4.78, 5) is 12.8. The van der Waals surface area contributed by atoms with Crippen molar-refractivity contribution in [3.8, 4) is 34.2 Å². The smallest absolute Gasteiger partial charge is 0.222 e. The van der Waals surface area contributed by atoms with E-state index in [0.29, 0.717) is 34.5 Å². The maximum Gasteiger partial charge on any atom is 0.222 e. The van der Waals surface area contributed by atoms with Gasteiger partial charge < -0.3 is 13.9 Å². The molecule has 0 aliphatic carbocycles. The second-order valence-electron chi connectivity index (χ2n) is 5.35. The van der Waals surface area contributed by atoms with Crippen LogP contribution >= 0.6 is 11.6 Å². The SMILES string of the molecule is CCCc1nc(-c2cc(OC)cc(OC)c2)c(-c2ccnc(Cl)n2)o1. The predicted octanol–water partition coefficient (Wildman–Crippen LogP) is 4.42. The van der Waals surface area contributed by atoms with Gasteiger partial charge in [-0.3, -0.25) is 0 Å². The number of ether oxygens (including phenoxy) is 2. The highest BCUT2D eigenvalue weighted by Crippen LogP contribution is 2.36. The van der Waals surface area contributed by atoms with Crippen molar-refractivity contribution < 1.29 is 13.9 Å². The van der Waals surface area contributed by atoms with E-state index >= 15 is 0 Å². The molecule has 6 nitrogen and oxygen atoms in total. The molecule has 0 unspecified atom stereocenters. The van der Waals surface area contributed by atoms with E-state index in [2.05, 4.69) is 21.9 Å². The van der Waals surface area contributed by atoms with Crippen molar-refractivity contribution in [2.75, 3.05) is 14.2 Å². The minimum Gasteiger partial charge on any atom is -0.497 e. The van der Waals surface area contributed by atoms with Gasteiger partial charge in [0, 0.05) is 24.2 Å². The fourth-order valence-corrected chi connectivity index (χ4v) is 2.61. The number of hydrogen-bond donors (Lipinski definition) is 0. The molecule has 0 saturated carbocycles. The molecule has 0 bridgehead atoms. The number of nitrogens with zero attached hydrogens (tertiary/aromatic N) is 3. The molecular formula is C18H18ClN3O3. The molecule has 0 aliphatic rings. The summed E-state index contributed by atoms with van der Waals surface area (Å²) in [6.07, 6.45) is 3.24. The number of oxazole rings is 1. The molecule has 0 fully saturated rings. The third kappa shape index (κ3) is 3.74. The Labute approximate surface area is 150 Å². The molecule has 130 valence electrons. The van der Waals surface area contributed by atoms with Gasteiger partial charge in [0.15, 0.2) is 11.7 Å². The lowest BCUT2D eigenvalue weighted by atomic mass is 10.1. The second-order valence-corrected chi connectivity index (χ2v) is 5.69. The molecule has 7 heteroatoms. The molecule has 0 aliphatic heterocycles. The largest absolute Gasteiger partial charge is 0.497 e. The van der Waals surface area contributed by atoms with Crippen LogP contribution in [0.4, 0.5) is 0 Å². The highest BCUT2D eigenvalue weighted by molar-refractivity contribution is 6.28. The zero-order valence-corrected chi connectivity index (χ0v) is 15.0. The van der Waals surface area contributed by atoms with Crippen molar-refractivity contribution in [2.45, 2.75) is 19.8 Å². The van der Waals surface area contributed by atoms with Crippen molar-refractivity contribution in [1.29, 1.82) is 0 Å². The molecule has 3 rings (SSSR count). The first-order chi connectivity index (χ1) is 12.1. The minimum atomic E-state index is 0.153. The van der Waals surface area contributed by atoms with Gasteiger partial charge in [-0.25, -0.2) is 15.0 Å². The van der Waals surface area contributed by atoms with Crippen LogP contribution in [0.1, 0.15) is 19.2 Å². The monoisotopic (exact) mass is 359 g/mol. The molecule has 0 radical (unpaired) electrons. The summed E-state index contributed by atoms with van der Waals surface area (Å²) >= 11 is 5.93. The lowest BCUT2D eigenvalue weighted by molar-refractivity contribution is 0.394. The first-order valence-electron chi connectivity index (χ1n) is 7.86. The van der Waals surface area contributed by atoms with E-state index in [-0.39, 0.29) is 5.28 Å². The molecular weight excluding hydrogens is 342 g/mol. The van der Waals surface area contributed by atoms with Gasteiger partial charge in [-0.15, -0.1) is 0 Å². The van der Waals surface area contributed by atoms with Crippen LogP contribution in [0.15, 0.2) is 34.9 Å². The molecule has 0 atom stereocenters. The van der Waals surface area contributed by atoms with Gasteiger partial charge in [0.2, 0.25) is 5.28 Å². The van der Waals surface area contributed by atoms with Crippen LogP contribution in [0.5, 0.6) is 11.5 Å². The van der Waals surface area contributed by atoms with Gasteiger partial charge in [0.25, 0.3) is 0 Å². The molecule has 0 spiro atoms. The standard InChI is InChI=1S/C18H18ClN3O3/c1-4-5-15-22-16(11-8-12(23-2)10-13(9-11)24-3)17(25-15)14-6-7-20-18(19)21-14/h6-10H,4-5H2,1-3H3. The Balaban J connectivity index is 2.18. The second kappa shape index (κ2) is 7.53. The zero-order chi connectivity index (χ0) is 17.8. The highest BCUT2D eigenvalue weighted by Gasteiger charge is 2.19. The van der Waals surface area contributed by atoms with E-state index in [1.807, 2.05) is 12.1 Å². The number of aromatic nitrogens is 3. The molecule has 0 N–H and O–H groups in total. The van der Waals surface area contributed by atoms with Gasteiger partial charge >= 0.3 is 0 Å². The van der Waals surface area contributed by atoms with Crippen molar-refractivity contribution >= 4 is 11.6 Å². The Morgan fingerprint density at radius 3 is 2.40 bits per heavy atom. The van der Waals surface area contributed by atoms with E-state index in [9.17, 15) is 0 Å². The lowest BCUT2D eigenvalue weighted by Crippen LogP contribution is -1.91. The fraction of sp³-hybridized carbons (Fsp3) is 0.278. The normalized spacial score (nSPS) is 10.7. The van der Waals surface area contributed by atoms with Crippen molar-refractivity contribution in [1.82, 2.24) is 15.0 Å². The Hall–Kier alpha value is -2.60. The third-order valence-corrected chi connectivity index (χ3v) is 3.80. The summed E-state index contributed by atoms with van der Waals surface area (Å²) in [6.45, 7) is 2.07. The van der Waals surface area contributed by atoms with Gasteiger partial charge in [-0.1, -0.05) is 6.92 Å². The lowest BCUT2D eigenvalue weighted by Gasteiger charge is -2.07. The number of aryl methyl sites for hydroxylation is 1. The summed E-state index contributed by atoms with van der Waals surface area (Å²) in [5.74, 6) is 2.52. The maximum absolute atomic E-state index is 5.96. The molecule has 1 aromatic carbocycles. The Morgan fingerprint density at radius 1 is 1.08 bits per heavy atom. The first kappa shape index (κ1) is 17.2. The number of rotatable bonds is 6. The van der Waals surface area contributed by atoms with Crippen molar-refractivity contribution in [3.05, 3.63) is 41.6 Å². The Bertz CT molecular complexity index is 858. The average molecular weight is 360 g/mol. The molecule has 3 aromatic rings. The Kier molecular flexibility index (Phi) is 5.19. The Morgan fingerprint density at radius 2 is 1.80 bits per heavy atom. The molecule has 2 aromatic heterocycles. The summed E-state index contributed by atoms with van der Waals surface area (Å²) in [6, 6.07) is 7.30. The summed E-state index contributed by atoms with van der Waals surface area (Å²) in [7, 11) is 3.21. The van der Waals surface area contributed by atoms with E-state index in [1.165, 1.54) is 0 Å². The summed E-state index contributed by atoms with van der Waals surface area (Å²) < 4.78 is 16.7. The third-order valence-electron chi connectivity index (χ3n) is 3.62. The molecule has 0 saturated heterocycles. The van der Waals surface area contributed by atoms with Crippen LogP contribution in [-0.2, 0) is 6.42 Å². The first-order valence-corrected chi connectivity index (χ1v) is 8.24. The maximum atomic E-state index is 5.96. The number of hydrogen-bond acceptors (Lipinski definition) is 6. The number of benzene rings is 1. The highest BCUT2D eigenvalue weighted by atomic mass is 35.5. The quantitative estimate of drug-likeness (QED) is 0.607. The number of methoxy groups -OCH3 is 2. The van der Waals surface area contributed by atoms with E-state index < -0.39 is 0 Å². The van der Waals surface area contributed by atoms with E-state index in [0.717, 1.165) is 18.4 Å². The average Bonchev–Trinajstić information content (AvgIpc) is 3.05. The zero-order valence-electron chi connectivity index (χ0n) is 14.2. The van der Waals surface area contributed by atoms with Crippen LogP contribution in [0.25, 0.3) is 22.7 Å². The molecule has 2 heterocycles. The van der Waals surface area contributed by atoms with Crippen LogP contribution < -0.4 is 9.47 Å². The summed E-state index contributed by atoms with van der Waals surface area (Å²) in [5.41, 5.74) is 2.05. The van der Waals surface area contributed by atoms with Crippen LogP contribution in [0, 0.1) is 0 Å². The van der Waals surface area contributed by atoms with Gasteiger partial charge in [-0.05, 0) is 36.2 Å². The van der Waals surface area contributed by atoms with Gasteiger partial charge in [0.1, 0.15) is 22.9 Å². The minimum absolute atomic E-state index is 0.153. The van der Waals surface area contributed by atoms with Crippen molar-refractivity contribution in [2.24, 2.45) is 0 Å². The summed E-state index contributed by atoms with van der Waals surface area (Å²) in [5, 5.41) is 0.153. The van der Waals surface area contributed by atoms with Gasteiger partial charge in [-0.2, -0.15) is 0 Å². The van der Waals surface area contributed by atoms with Crippen LogP contribution in [0.2, 0.25) is 5.28 Å². The van der Waals surface area contributed by atoms with Crippen LogP contribution in [-0.4, -0.2) is 29.2 Å². The fourth-order valence-electron chi connectivity index (χ4n) is 2.46. The van der Waals surface area contributed by atoms with E-state index in [4.69, 9.17) is 25.5 Å². The molecule has 25 heavy (non-hydrogen) atoms. The number of halogens is 1. The van der Waals surface area contributed by atoms with Crippen molar-refractivity contribution in [3.63, 3.8) is 0 Å². The topological polar surface area (TPSA) is 70.3 Å². The van der Waals surface area contributed by atoms with E-state index in [1.54, 1.807) is 32.5 Å².